The van der Waals surface area contributed by atoms with Gasteiger partial charge in [-0.2, -0.15) is 4.31 Å². The van der Waals surface area contributed by atoms with Crippen molar-refractivity contribution in [1.29, 1.82) is 0 Å². The van der Waals surface area contributed by atoms with E-state index >= 15 is 0 Å². The number of nitrogens with one attached hydrogen (secondary N) is 1. The summed E-state index contributed by atoms with van der Waals surface area (Å²) >= 11 is 1.42. The molecular weight excluding hydrogens is 404 g/mol. The fourth-order valence-corrected chi connectivity index (χ4v) is 4.54. The van der Waals surface area contributed by atoms with Gasteiger partial charge in [0.15, 0.2) is 0 Å². The van der Waals surface area contributed by atoms with Crippen molar-refractivity contribution in [2.24, 2.45) is 11.1 Å². The molecule has 0 radical (unpaired) electrons. The van der Waals surface area contributed by atoms with E-state index < -0.39 is 27.3 Å². The Morgan fingerprint density at radius 3 is 2.43 bits per heavy atom. The van der Waals surface area contributed by atoms with Crippen LogP contribution in [0, 0.1) is 5.41 Å². The maximum Gasteiger partial charge on any atom is 0.263 e. The molecule has 1 aromatic rings. The lowest BCUT2D eigenvalue weighted by Gasteiger charge is -2.47. The maximum absolute atomic E-state index is 12.5. The molecule has 2 rings (SSSR count). The Morgan fingerprint density at radius 2 is 1.93 bits per heavy atom. The van der Waals surface area contributed by atoms with Gasteiger partial charge >= 0.3 is 0 Å². The first-order chi connectivity index (χ1) is 13.0. The number of nitrogens with zero attached hydrogens (tertiary/aromatic N) is 2. The van der Waals surface area contributed by atoms with E-state index in [0.717, 1.165) is 15.6 Å². The third-order valence-corrected chi connectivity index (χ3v) is 7.87. The first-order valence-corrected chi connectivity index (χ1v) is 11.4. The van der Waals surface area contributed by atoms with Gasteiger partial charge in [-0.1, -0.05) is 6.92 Å². The Hall–Kier alpha value is -1.98. The smallest absolute Gasteiger partial charge is 0.263 e. The van der Waals surface area contributed by atoms with Crippen LogP contribution in [0.15, 0.2) is 12.1 Å². The van der Waals surface area contributed by atoms with Crippen LogP contribution in [0.25, 0.3) is 0 Å². The summed E-state index contributed by atoms with van der Waals surface area (Å²) in [6.07, 6.45) is 0.845. The quantitative estimate of drug-likeness (QED) is 0.552. The Balaban J connectivity index is 1.93. The van der Waals surface area contributed by atoms with Crippen molar-refractivity contribution in [3.8, 4) is 0 Å². The zero-order valence-electron chi connectivity index (χ0n) is 16.2. The van der Waals surface area contributed by atoms with E-state index in [0.29, 0.717) is 4.88 Å². The standard InChI is InChI=1S/C17H26N4O5S2/c1-4-12-6-7-13(27-12)15(23)21-10-17(11-21,16(18)24)9-19-14(22)8-20(3)28(25,26)5-2/h6-7H,4-5,8-11H2,1-3H3,(H2,18,24)(H,19,22). The van der Waals surface area contributed by atoms with Crippen molar-refractivity contribution in [2.45, 2.75) is 20.3 Å². The van der Waals surface area contributed by atoms with Crippen LogP contribution in [0.4, 0.5) is 0 Å². The third-order valence-electron chi connectivity index (χ3n) is 4.85. The average molecular weight is 431 g/mol. The number of nitrogens with two attached hydrogens (primary N) is 1. The van der Waals surface area contributed by atoms with Crippen LogP contribution < -0.4 is 11.1 Å². The van der Waals surface area contributed by atoms with Gasteiger partial charge in [-0.15, -0.1) is 11.3 Å². The van der Waals surface area contributed by atoms with Gasteiger partial charge in [-0.25, -0.2) is 8.42 Å². The lowest BCUT2D eigenvalue weighted by molar-refractivity contribution is -0.136. The minimum Gasteiger partial charge on any atom is -0.369 e. The van der Waals surface area contributed by atoms with Gasteiger partial charge in [0.25, 0.3) is 5.91 Å². The largest absolute Gasteiger partial charge is 0.369 e. The van der Waals surface area contributed by atoms with E-state index in [1.165, 1.54) is 30.2 Å². The number of likely N-dealkylation sites (tertiary alicyclic amines) is 1. The van der Waals surface area contributed by atoms with Gasteiger partial charge in [0.2, 0.25) is 21.8 Å². The zero-order valence-corrected chi connectivity index (χ0v) is 17.9. The number of carbonyl (C=O) groups excluding carboxylic acids is 3. The predicted octanol–water partition coefficient (Wildman–Crippen LogP) is -0.364. The summed E-state index contributed by atoms with van der Waals surface area (Å²) in [5, 5.41) is 2.57. The molecule has 1 aliphatic rings. The molecule has 3 amide bonds. The predicted molar refractivity (Wildman–Crippen MR) is 106 cm³/mol. The highest BCUT2D eigenvalue weighted by Gasteiger charge is 2.50. The summed E-state index contributed by atoms with van der Waals surface area (Å²) in [5.41, 5.74) is 4.46. The Bertz CT molecular complexity index is 859. The number of aryl methyl sites for hydroxylation is 1. The summed E-state index contributed by atoms with van der Waals surface area (Å²) in [6, 6.07) is 3.67. The van der Waals surface area contributed by atoms with E-state index in [1.807, 2.05) is 13.0 Å². The van der Waals surface area contributed by atoms with E-state index in [1.54, 1.807) is 6.07 Å². The Kier molecular flexibility index (Phi) is 6.84. The number of rotatable bonds is 9. The fourth-order valence-electron chi connectivity index (χ4n) is 2.87. The second-order valence-electron chi connectivity index (χ2n) is 6.86. The van der Waals surface area contributed by atoms with Gasteiger partial charge in [0.1, 0.15) is 5.41 Å². The van der Waals surface area contributed by atoms with Crippen LogP contribution in [0.5, 0.6) is 0 Å². The summed E-state index contributed by atoms with van der Waals surface area (Å²) in [4.78, 5) is 39.7. The lowest BCUT2D eigenvalue weighted by atomic mass is 9.78. The number of carbonyl (C=O) groups is 3. The van der Waals surface area contributed by atoms with Crippen LogP contribution in [0.3, 0.4) is 0 Å². The van der Waals surface area contributed by atoms with E-state index in [9.17, 15) is 22.8 Å². The fraction of sp³-hybridized carbons (Fsp3) is 0.588. The summed E-state index contributed by atoms with van der Waals surface area (Å²) < 4.78 is 24.4. The van der Waals surface area contributed by atoms with Crippen LogP contribution in [0.2, 0.25) is 0 Å². The molecule has 1 saturated heterocycles. The minimum atomic E-state index is -3.48. The molecule has 0 unspecified atom stereocenters. The zero-order chi connectivity index (χ0) is 21.1. The summed E-state index contributed by atoms with van der Waals surface area (Å²) in [5.74, 6) is -1.41. The molecule has 1 aliphatic heterocycles. The minimum absolute atomic E-state index is 0.0460. The molecule has 3 N–H and O–H groups in total. The molecule has 2 heterocycles. The molecule has 0 aliphatic carbocycles. The first kappa shape index (κ1) is 22.3. The van der Waals surface area contributed by atoms with Gasteiger partial charge < -0.3 is 16.0 Å². The van der Waals surface area contributed by atoms with Crippen LogP contribution in [-0.4, -0.2) is 74.3 Å². The number of likely N-dealkylation sites (N-methyl/N-ethyl adjacent to an activating group) is 1. The molecule has 1 fully saturated rings. The molecule has 0 aromatic carbocycles. The second-order valence-corrected chi connectivity index (χ2v) is 10.4. The number of amides is 3. The summed E-state index contributed by atoms with van der Waals surface area (Å²) in [6.45, 7) is 3.34. The second kappa shape index (κ2) is 8.58. The summed E-state index contributed by atoms with van der Waals surface area (Å²) in [7, 11) is -2.16. The van der Waals surface area contributed by atoms with Crippen molar-refractivity contribution >= 4 is 39.1 Å². The Morgan fingerprint density at radius 1 is 1.29 bits per heavy atom. The SMILES string of the molecule is CCc1ccc(C(=O)N2CC(CNC(=O)CN(C)S(=O)(=O)CC)(C(N)=O)C2)s1. The third kappa shape index (κ3) is 4.70. The molecule has 9 nitrogen and oxygen atoms in total. The average Bonchev–Trinajstić information content (AvgIpc) is 3.09. The Labute approximate surface area is 168 Å². The van der Waals surface area contributed by atoms with Gasteiger partial charge in [-0.05, 0) is 25.5 Å². The van der Waals surface area contributed by atoms with Crippen molar-refractivity contribution in [2.75, 3.05) is 39.0 Å². The number of hydrogen-bond acceptors (Lipinski definition) is 6. The molecule has 0 saturated carbocycles. The van der Waals surface area contributed by atoms with Gasteiger partial charge in [0, 0.05) is 31.6 Å². The van der Waals surface area contributed by atoms with E-state index in [2.05, 4.69) is 5.32 Å². The van der Waals surface area contributed by atoms with Crippen molar-refractivity contribution in [3.05, 3.63) is 21.9 Å². The van der Waals surface area contributed by atoms with Gasteiger partial charge in [-0.3, -0.25) is 14.4 Å². The van der Waals surface area contributed by atoms with Crippen molar-refractivity contribution in [1.82, 2.24) is 14.5 Å². The van der Waals surface area contributed by atoms with Gasteiger partial charge in [0.05, 0.1) is 17.2 Å². The molecule has 28 heavy (non-hydrogen) atoms. The monoisotopic (exact) mass is 430 g/mol. The number of primary amides is 1. The van der Waals surface area contributed by atoms with Crippen LogP contribution in [0.1, 0.15) is 28.4 Å². The molecule has 156 valence electrons. The highest BCUT2D eigenvalue weighted by Crippen LogP contribution is 2.32. The molecule has 1 aromatic heterocycles. The topological polar surface area (TPSA) is 130 Å². The molecular formula is C17H26N4O5S2. The number of thiophene rings is 1. The molecule has 0 spiro atoms. The number of hydrogen-bond donors (Lipinski definition) is 2. The maximum atomic E-state index is 12.5. The molecule has 0 bridgehead atoms. The normalized spacial score (nSPS) is 15.9. The highest BCUT2D eigenvalue weighted by molar-refractivity contribution is 7.89. The van der Waals surface area contributed by atoms with Crippen molar-refractivity contribution < 1.29 is 22.8 Å². The lowest BCUT2D eigenvalue weighted by Crippen LogP contribution is -2.67. The highest BCUT2D eigenvalue weighted by atomic mass is 32.2. The molecule has 0 atom stereocenters. The van der Waals surface area contributed by atoms with Crippen molar-refractivity contribution in [3.63, 3.8) is 0 Å². The number of sulfonamides is 1. The van der Waals surface area contributed by atoms with Crippen LogP contribution >= 0.6 is 11.3 Å². The first-order valence-electron chi connectivity index (χ1n) is 8.93. The van der Waals surface area contributed by atoms with E-state index in [4.69, 9.17) is 5.73 Å². The molecule has 11 heteroatoms. The van der Waals surface area contributed by atoms with Crippen LogP contribution in [-0.2, 0) is 26.0 Å². The van der Waals surface area contributed by atoms with E-state index in [-0.39, 0.29) is 37.8 Å².